The quantitative estimate of drug-likeness (QED) is 0.711. The third-order valence-corrected chi connectivity index (χ3v) is 4.32. The number of aromatic nitrogens is 2. The van der Waals surface area contributed by atoms with Crippen LogP contribution < -0.4 is 10.9 Å². The van der Waals surface area contributed by atoms with E-state index in [1.165, 1.54) is 44.9 Å². The van der Waals surface area contributed by atoms with Gasteiger partial charge in [-0.2, -0.15) is 0 Å². The van der Waals surface area contributed by atoms with Gasteiger partial charge in [0, 0.05) is 18.7 Å². The summed E-state index contributed by atoms with van der Waals surface area (Å²) in [5.74, 6) is 0. The molecule has 1 aliphatic rings. The maximum atomic E-state index is 12.3. The molecule has 0 fully saturated rings. The molecule has 0 amide bonds. The molecular weight excluding hydrogens is 262 g/mol. The second kappa shape index (κ2) is 8.98. The molecule has 0 aromatic carbocycles. The van der Waals surface area contributed by atoms with Gasteiger partial charge in [-0.05, 0) is 19.4 Å². The zero-order valence-electron chi connectivity index (χ0n) is 13.4. The molecule has 1 aromatic heterocycles. The van der Waals surface area contributed by atoms with E-state index in [4.69, 9.17) is 0 Å². The summed E-state index contributed by atoms with van der Waals surface area (Å²) in [5.41, 5.74) is 2.05. The summed E-state index contributed by atoms with van der Waals surface area (Å²) in [7, 11) is 0. The van der Waals surface area contributed by atoms with Crippen LogP contribution in [-0.2, 0) is 19.5 Å². The van der Waals surface area contributed by atoms with Crippen LogP contribution in [0.1, 0.15) is 69.5 Å². The maximum Gasteiger partial charge on any atom is 0.256 e. The Morgan fingerprint density at radius 1 is 1.14 bits per heavy atom. The number of nitrogens with zero attached hydrogens (tertiary/aromatic N) is 2. The third kappa shape index (κ3) is 4.95. The molecular formula is C17H29N3O. The predicted octanol–water partition coefficient (Wildman–Crippen LogP) is 3.03. The zero-order valence-corrected chi connectivity index (χ0v) is 13.4. The number of aryl methyl sites for hydroxylation is 1. The lowest BCUT2D eigenvalue weighted by molar-refractivity contribution is 0.523. The van der Waals surface area contributed by atoms with E-state index in [9.17, 15) is 4.79 Å². The monoisotopic (exact) mass is 291 g/mol. The first-order valence-electron chi connectivity index (χ1n) is 8.61. The van der Waals surface area contributed by atoms with Crippen molar-refractivity contribution >= 4 is 0 Å². The molecule has 0 spiro atoms. The van der Waals surface area contributed by atoms with Gasteiger partial charge in [0.1, 0.15) is 0 Å². The molecule has 0 atom stereocenters. The molecule has 1 N–H and O–H groups in total. The van der Waals surface area contributed by atoms with Gasteiger partial charge in [0.05, 0.1) is 12.0 Å². The van der Waals surface area contributed by atoms with Crippen LogP contribution in [0.15, 0.2) is 11.1 Å². The van der Waals surface area contributed by atoms with Crippen molar-refractivity contribution in [3.63, 3.8) is 0 Å². The highest BCUT2D eigenvalue weighted by Crippen LogP contribution is 2.09. The largest absolute Gasteiger partial charge is 0.311 e. The summed E-state index contributed by atoms with van der Waals surface area (Å²) >= 11 is 0. The van der Waals surface area contributed by atoms with Crippen molar-refractivity contribution in [2.24, 2.45) is 0 Å². The van der Waals surface area contributed by atoms with E-state index in [0.29, 0.717) is 0 Å². The minimum absolute atomic E-state index is 0.185. The van der Waals surface area contributed by atoms with Crippen molar-refractivity contribution in [2.75, 3.05) is 6.54 Å². The highest BCUT2D eigenvalue weighted by Gasteiger charge is 2.14. The van der Waals surface area contributed by atoms with Gasteiger partial charge in [-0.15, -0.1) is 0 Å². The molecule has 2 heterocycles. The van der Waals surface area contributed by atoms with Gasteiger partial charge in [-0.25, -0.2) is 4.98 Å². The number of hydrogen-bond donors (Lipinski definition) is 1. The first-order valence-corrected chi connectivity index (χ1v) is 8.61. The van der Waals surface area contributed by atoms with Crippen molar-refractivity contribution in [2.45, 2.75) is 77.8 Å². The van der Waals surface area contributed by atoms with Gasteiger partial charge in [0.15, 0.2) is 0 Å². The molecule has 21 heavy (non-hydrogen) atoms. The number of hydrogen-bond acceptors (Lipinski definition) is 3. The lowest BCUT2D eigenvalue weighted by Gasteiger charge is -2.16. The topological polar surface area (TPSA) is 46.9 Å². The van der Waals surface area contributed by atoms with E-state index in [-0.39, 0.29) is 5.56 Å². The molecule has 0 saturated carbocycles. The molecule has 2 rings (SSSR count). The van der Waals surface area contributed by atoms with Crippen LogP contribution in [0, 0.1) is 0 Å². The number of fused-ring (bicyclic) bond motifs is 1. The molecule has 1 aromatic rings. The van der Waals surface area contributed by atoms with Gasteiger partial charge in [-0.3, -0.25) is 9.36 Å². The Balaban J connectivity index is 1.70. The first-order chi connectivity index (χ1) is 10.3. The Bertz CT molecular complexity index is 481. The van der Waals surface area contributed by atoms with E-state index in [1.807, 2.05) is 0 Å². The van der Waals surface area contributed by atoms with Crippen LogP contribution in [-0.4, -0.2) is 16.1 Å². The molecule has 1 aliphatic heterocycles. The van der Waals surface area contributed by atoms with E-state index < -0.39 is 0 Å². The Morgan fingerprint density at radius 2 is 1.86 bits per heavy atom. The summed E-state index contributed by atoms with van der Waals surface area (Å²) in [6, 6.07) is 0. The predicted molar refractivity (Wildman–Crippen MR) is 86.5 cm³/mol. The van der Waals surface area contributed by atoms with Crippen molar-refractivity contribution in [3.05, 3.63) is 27.9 Å². The van der Waals surface area contributed by atoms with E-state index in [0.717, 1.165) is 43.7 Å². The van der Waals surface area contributed by atoms with Crippen molar-refractivity contribution < 1.29 is 0 Å². The Morgan fingerprint density at radius 3 is 2.62 bits per heavy atom. The van der Waals surface area contributed by atoms with Crippen molar-refractivity contribution in [3.8, 4) is 0 Å². The molecule has 4 heteroatoms. The normalized spacial score (nSPS) is 14.1. The second-order valence-corrected chi connectivity index (χ2v) is 6.07. The minimum Gasteiger partial charge on any atom is -0.311 e. The highest BCUT2D eigenvalue weighted by atomic mass is 16.1. The third-order valence-electron chi connectivity index (χ3n) is 4.32. The van der Waals surface area contributed by atoms with Gasteiger partial charge < -0.3 is 5.32 Å². The molecule has 118 valence electrons. The molecule has 0 aliphatic carbocycles. The Hall–Kier alpha value is -1.16. The van der Waals surface area contributed by atoms with E-state index in [1.54, 1.807) is 10.9 Å². The fraction of sp³-hybridized carbons (Fsp3) is 0.765. The second-order valence-electron chi connectivity index (χ2n) is 6.07. The number of nitrogens with one attached hydrogen (secondary N) is 1. The molecule has 0 bridgehead atoms. The summed E-state index contributed by atoms with van der Waals surface area (Å²) < 4.78 is 1.81. The number of rotatable bonds is 9. The maximum absolute atomic E-state index is 12.3. The van der Waals surface area contributed by atoms with Gasteiger partial charge in [0.25, 0.3) is 5.56 Å². The summed E-state index contributed by atoms with van der Waals surface area (Å²) in [6.07, 6.45) is 12.9. The van der Waals surface area contributed by atoms with Crippen molar-refractivity contribution in [1.29, 1.82) is 0 Å². The fourth-order valence-electron chi connectivity index (χ4n) is 2.97. The van der Waals surface area contributed by atoms with Gasteiger partial charge >= 0.3 is 0 Å². The zero-order chi connectivity index (χ0) is 14.9. The molecule has 0 unspecified atom stereocenters. The van der Waals surface area contributed by atoms with Crippen LogP contribution in [0.3, 0.4) is 0 Å². The van der Waals surface area contributed by atoms with E-state index >= 15 is 0 Å². The smallest absolute Gasteiger partial charge is 0.256 e. The molecule has 0 radical (unpaired) electrons. The first kappa shape index (κ1) is 16.2. The standard InChI is InChI=1S/C17H29N3O/c1-2-3-4-5-6-7-8-9-12-20-14-19-16-13-18-11-10-15(16)17(20)21/h14,18H,2-13H2,1H3. The summed E-state index contributed by atoms with van der Waals surface area (Å²) in [5, 5.41) is 3.26. The average Bonchev–Trinajstić information content (AvgIpc) is 2.52. The minimum atomic E-state index is 0.185. The molecule has 4 nitrogen and oxygen atoms in total. The fourth-order valence-corrected chi connectivity index (χ4v) is 2.97. The van der Waals surface area contributed by atoms with Crippen LogP contribution in [0.5, 0.6) is 0 Å². The lowest BCUT2D eigenvalue weighted by Crippen LogP contribution is -2.34. The lowest BCUT2D eigenvalue weighted by atomic mass is 10.1. The van der Waals surface area contributed by atoms with Gasteiger partial charge in [-0.1, -0.05) is 51.9 Å². The van der Waals surface area contributed by atoms with Crippen LogP contribution in [0.4, 0.5) is 0 Å². The summed E-state index contributed by atoms with van der Waals surface area (Å²) in [6.45, 7) is 4.71. The van der Waals surface area contributed by atoms with Gasteiger partial charge in [0.2, 0.25) is 0 Å². The Kier molecular flexibility index (Phi) is 6.93. The molecule has 0 saturated heterocycles. The summed E-state index contributed by atoms with van der Waals surface area (Å²) in [4.78, 5) is 16.8. The van der Waals surface area contributed by atoms with Crippen LogP contribution in [0.25, 0.3) is 0 Å². The van der Waals surface area contributed by atoms with E-state index in [2.05, 4.69) is 17.2 Å². The van der Waals surface area contributed by atoms with Crippen LogP contribution >= 0.6 is 0 Å². The van der Waals surface area contributed by atoms with Crippen LogP contribution in [0.2, 0.25) is 0 Å². The van der Waals surface area contributed by atoms with Crippen molar-refractivity contribution in [1.82, 2.24) is 14.9 Å². The average molecular weight is 291 g/mol. The SMILES string of the molecule is CCCCCCCCCCn1cnc2c(c1=O)CCNC2. The Labute approximate surface area is 128 Å². The number of unbranched alkanes of at least 4 members (excludes halogenated alkanes) is 7. The highest BCUT2D eigenvalue weighted by molar-refractivity contribution is 5.19.